The summed E-state index contributed by atoms with van der Waals surface area (Å²) < 4.78 is 5.40. The fourth-order valence-electron chi connectivity index (χ4n) is 1.73. The van der Waals surface area contributed by atoms with Crippen LogP contribution >= 0.6 is 0 Å². The summed E-state index contributed by atoms with van der Waals surface area (Å²) in [4.78, 5) is 15.9. The van der Waals surface area contributed by atoms with Crippen LogP contribution in [-0.4, -0.2) is 16.4 Å². The lowest BCUT2D eigenvalue weighted by molar-refractivity contribution is -0.118. The van der Waals surface area contributed by atoms with Crippen molar-refractivity contribution in [2.75, 3.05) is 5.32 Å². The molecule has 1 saturated carbocycles. The largest absolute Gasteiger partial charge is 0.441 e. The molecule has 1 amide bonds. The lowest BCUT2D eigenvalue weighted by atomic mass is 10.2. The van der Waals surface area contributed by atoms with Gasteiger partial charge in [0.1, 0.15) is 5.52 Å². The Morgan fingerprint density at radius 1 is 1.53 bits per heavy atom. The minimum absolute atomic E-state index is 0.131. The maximum Gasteiger partial charge on any atom is 0.244 e. The van der Waals surface area contributed by atoms with Crippen LogP contribution in [0.4, 0.5) is 5.69 Å². The predicted octanol–water partition coefficient (Wildman–Crippen LogP) is 1.57. The van der Waals surface area contributed by atoms with Gasteiger partial charge in [-0.2, -0.15) is 0 Å². The summed E-state index contributed by atoms with van der Waals surface area (Å²) in [5.74, 6) is 0.481. The van der Waals surface area contributed by atoms with E-state index in [1.54, 1.807) is 19.1 Å². The first-order chi connectivity index (χ1) is 8.07. The number of amides is 1. The van der Waals surface area contributed by atoms with Gasteiger partial charge in [-0.3, -0.25) is 4.79 Å². The van der Waals surface area contributed by atoms with E-state index < -0.39 is 5.54 Å². The molecule has 1 aliphatic carbocycles. The topological polar surface area (TPSA) is 81.2 Å². The monoisotopic (exact) mass is 231 g/mol. The van der Waals surface area contributed by atoms with Gasteiger partial charge in [-0.15, -0.1) is 0 Å². The summed E-state index contributed by atoms with van der Waals surface area (Å²) in [6, 6.07) is 5.38. The number of rotatable bonds is 2. The summed E-state index contributed by atoms with van der Waals surface area (Å²) in [7, 11) is 0. The second-order valence-corrected chi connectivity index (χ2v) is 4.53. The molecule has 0 atom stereocenters. The maximum absolute atomic E-state index is 11.8. The highest BCUT2D eigenvalue weighted by molar-refractivity contribution is 6.00. The van der Waals surface area contributed by atoms with Crippen LogP contribution in [0.3, 0.4) is 0 Å². The minimum Gasteiger partial charge on any atom is -0.441 e. The van der Waals surface area contributed by atoms with Crippen molar-refractivity contribution in [3.63, 3.8) is 0 Å². The molecule has 3 N–H and O–H groups in total. The third-order valence-corrected chi connectivity index (χ3v) is 2.99. The highest BCUT2D eigenvalue weighted by Crippen LogP contribution is 2.33. The van der Waals surface area contributed by atoms with Crippen LogP contribution in [0.15, 0.2) is 22.6 Å². The van der Waals surface area contributed by atoms with E-state index in [-0.39, 0.29) is 5.91 Å². The lowest BCUT2D eigenvalue weighted by Crippen LogP contribution is -2.37. The second-order valence-electron chi connectivity index (χ2n) is 4.53. The Labute approximate surface area is 98.0 Å². The Balaban J connectivity index is 1.87. The van der Waals surface area contributed by atoms with Gasteiger partial charge in [0.15, 0.2) is 11.5 Å². The molecule has 0 unspecified atom stereocenters. The maximum atomic E-state index is 11.8. The van der Waals surface area contributed by atoms with E-state index in [1.807, 2.05) is 6.07 Å². The summed E-state index contributed by atoms with van der Waals surface area (Å²) in [6.45, 7) is 1.79. The smallest absolute Gasteiger partial charge is 0.244 e. The number of aromatic nitrogens is 1. The van der Waals surface area contributed by atoms with Gasteiger partial charge in [0.05, 0.1) is 5.54 Å². The Hall–Kier alpha value is -1.88. The number of hydrogen-bond acceptors (Lipinski definition) is 4. The first-order valence-electron chi connectivity index (χ1n) is 5.54. The molecule has 1 fully saturated rings. The van der Waals surface area contributed by atoms with E-state index in [0.717, 1.165) is 18.4 Å². The van der Waals surface area contributed by atoms with E-state index in [2.05, 4.69) is 10.3 Å². The molecular weight excluding hydrogens is 218 g/mol. The van der Waals surface area contributed by atoms with Gasteiger partial charge in [0.25, 0.3) is 0 Å². The first kappa shape index (κ1) is 10.3. The quantitative estimate of drug-likeness (QED) is 0.821. The summed E-state index contributed by atoms with van der Waals surface area (Å²) in [6.07, 6.45) is 1.50. The predicted molar refractivity (Wildman–Crippen MR) is 63.5 cm³/mol. The third-order valence-electron chi connectivity index (χ3n) is 2.99. The van der Waals surface area contributed by atoms with Gasteiger partial charge in [-0.25, -0.2) is 4.98 Å². The zero-order chi connectivity index (χ0) is 12.0. The number of benzene rings is 1. The molecule has 1 aromatic carbocycles. The number of oxazole rings is 1. The number of anilines is 1. The molecule has 0 bridgehead atoms. The van der Waals surface area contributed by atoms with Gasteiger partial charge < -0.3 is 15.5 Å². The van der Waals surface area contributed by atoms with Crippen molar-refractivity contribution < 1.29 is 9.21 Å². The van der Waals surface area contributed by atoms with Gasteiger partial charge in [0.2, 0.25) is 5.91 Å². The van der Waals surface area contributed by atoms with Crippen LogP contribution in [0, 0.1) is 6.92 Å². The normalized spacial score (nSPS) is 17.1. The van der Waals surface area contributed by atoms with Crippen LogP contribution in [0.5, 0.6) is 0 Å². The fourth-order valence-corrected chi connectivity index (χ4v) is 1.73. The number of carbonyl (C=O) groups excluding carboxylic acids is 1. The van der Waals surface area contributed by atoms with Crippen molar-refractivity contribution in [1.82, 2.24) is 4.98 Å². The number of nitrogens with zero attached hydrogens (tertiary/aromatic N) is 1. The van der Waals surface area contributed by atoms with Gasteiger partial charge in [-0.1, -0.05) is 0 Å². The first-order valence-corrected chi connectivity index (χ1v) is 5.54. The number of fused-ring (bicyclic) bond motifs is 1. The molecule has 5 nitrogen and oxygen atoms in total. The molecule has 0 spiro atoms. The highest BCUT2D eigenvalue weighted by atomic mass is 16.3. The van der Waals surface area contributed by atoms with Gasteiger partial charge in [-0.05, 0) is 25.0 Å². The van der Waals surface area contributed by atoms with Crippen molar-refractivity contribution in [1.29, 1.82) is 0 Å². The van der Waals surface area contributed by atoms with Gasteiger partial charge >= 0.3 is 0 Å². The van der Waals surface area contributed by atoms with Gasteiger partial charge in [0, 0.05) is 18.7 Å². The molecule has 17 heavy (non-hydrogen) atoms. The van der Waals surface area contributed by atoms with E-state index in [0.29, 0.717) is 17.2 Å². The average molecular weight is 231 g/mol. The second kappa shape index (κ2) is 3.30. The molecule has 1 heterocycles. The molecule has 3 rings (SSSR count). The number of hydrogen-bond donors (Lipinski definition) is 2. The zero-order valence-corrected chi connectivity index (χ0v) is 9.49. The van der Waals surface area contributed by atoms with Crippen molar-refractivity contribution in [3.8, 4) is 0 Å². The molecule has 2 aromatic rings. The molecule has 0 radical (unpaired) electrons. The fraction of sp³-hybridized carbons (Fsp3) is 0.333. The average Bonchev–Trinajstić information content (AvgIpc) is 2.91. The molecular formula is C12H13N3O2. The number of carbonyl (C=O) groups is 1. The standard InChI is InChI=1S/C12H13N3O2/c1-7-14-9-3-2-8(6-10(9)17-7)15-11(16)12(13)4-5-12/h2-3,6H,4-5,13H2,1H3,(H,15,16). The highest BCUT2D eigenvalue weighted by Gasteiger charge is 2.45. The number of aryl methyl sites for hydroxylation is 1. The van der Waals surface area contributed by atoms with Crippen molar-refractivity contribution in [2.24, 2.45) is 5.73 Å². The van der Waals surface area contributed by atoms with E-state index in [1.165, 1.54) is 0 Å². The molecule has 5 heteroatoms. The molecule has 1 aromatic heterocycles. The van der Waals surface area contributed by atoms with E-state index in [9.17, 15) is 4.79 Å². The zero-order valence-electron chi connectivity index (χ0n) is 9.49. The van der Waals surface area contributed by atoms with Crippen LogP contribution in [0.25, 0.3) is 11.1 Å². The lowest BCUT2D eigenvalue weighted by Gasteiger charge is -2.09. The number of nitrogens with one attached hydrogen (secondary N) is 1. The Kier molecular flexibility index (Phi) is 2.00. The van der Waals surface area contributed by atoms with E-state index >= 15 is 0 Å². The summed E-state index contributed by atoms with van der Waals surface area (Å²) in [5, 5.41) is 2.79. The molecule has 0 aliphatic heterocycles. The Bertz CT molecular complexity index is 599. The van der Waals surface area contributed by atoms with Crippen LogP contribution in [0.1, 0.15) is 18.7 Å². The molecule has 88 valence electrons. The van der Waals surface area contributed by atoms with Crippen LogP contribution in [0.2, 0.25) is 0 Å². The summed E-state index contributed by atoms with van der Waals surface area (Å²) in [5.41, 5.74) is 7.29. The van der Waals surface area contributed by atoms with Crippen molar-refractivity contribution in [3.05, 3.63) is 24.1 Å². The molecule has 1 aliphatic rings. The van der Waals surface area contributed by atoms with Crippen molar-refractivity contribution >= 4 is 22.7 Å². The van der Waals surface area contributed by atoms with Crippen LogP contribution < -0.4 is 11.1 Å². The summed E-state index contributed by atoms with van der Waals surface area (Å²) >= 11 is 0. The molecule has 0 saturated heterocycles. The van der Waals surface area contributed by atoms with Crippen LogP contribution in [-0.2, 0) is 4.79 Å². The van der Waals surface area contributed by atoms with E-state index in [4.69, 9.17) is 10.2 Å². The Morgan fingerprint density at radius 2 is 2.29 bits per heavy atom. The SMILES string of the molecule is Cc1nc2ccc(NC(=O)C3(N)CC3)cc2o1. The third kappa shape index (κ3) is 1.78. The Morgan fingerprint density at radius 3 is 3.00 bits per heavy atom. The van der Waals surface area contributed by atoms with Crippen molar-refractivity contribution in [2.45, 2.75) is 25.3 Å². The number of nitrogens with two attached hydrogens (primary N) is 1. The minimum atomic E-state index is -0.660.